The Morgan fingerprint density at radius 1 is 1.15 bits per heavy atom. The van der Waals surface area contributed by atoms with E-state index in [2.05, 4.69) is 73.3 Å². The number of benzene rings is 1. The van der Waals surface area contributed by atoms with Gasteiger partial charge in [0.2, 0.25) is 5.91 Å². The Hall–Kier alpha value is -2.07. The second-order valence-corrected chi connectivity index (χ2v) is 6.96. The van der Waals surface area contributed by atoms with Crippen LogP contribution in [0.2, 0.25) is 0 Å². The molecule has 1 aromatic carbocycles. The lowest BCUT2D eigenvalue weighted by Gasteiger charge is -2.24. The average molecular weight is 356 g/mol. The van der Waals surface area contributed by atoms with Crippen LogP contribution >= 0.6 is 0 Å². The Morgan fingerprint density at radius 2 is 2.00 bits per heavy atom. The summed E-state index contributed by atoms with van der Waals surface area (Å²) < 4.78 is 2.25. The van der Waals surface area contributed by atoms with Crippen molar-refractivity contribution in [1.29, 1.82) is 0 Å². The van der Waals surface area contributed by atoms with E-state index in [4.69, 9.17) is 0 Å². The minimum atomic E-state index is 0.190. The van der Waals surface area contributed by atoms with E-state index in [9.17, 15) is 4.79 Å². The van der Waals surface area contributed by atoms with Crippen molar-refractivity contribution in [3.63, 3.8) is 0 Å². The van der Waals surface area contributed by atoms with Crippen LogP contribution in [0.4, 0.5) is 0 Å². The van der Waals surface area contributed by atoms with Gasteiger partial charge < -0.3 is 14.8 Å². The molecule has 0 saturated heterocycles. The van der Waals surface area contributed by atoms with E-state index in [0.717, 1.165) is 38.9 Å². The van der Waals surface area contributed by atoms with Crippen LogP contribution in [0.15, 0.2) is 42.6 Å². The zero-order valence-corrected chi connectivity index (χ0v) is 16.5. The van der Waals surface area contributed by atoms with Crippen LogP contribution in [0, 0.1) is 6.92 Å². The molecule has 0 aliphatic carbocycles. The Balaban J connectivity index is 2.05. The lowest BCUT2D eigenvalue weighted by molar-refractivity contribution is -0.131. The normalized spacial score (nSPS) is 10.9. The number of nitrogens with zero attached hydrogens (tertiary/aromatic N) is 2. The van der Waals surface area contributed by atoms with Gasteiger partial charge >= 0.3 is 0 Å². The first-order chi connectivity index (χ1) is 12.6. The molecule has 0 saturated carbocycles. The van der Waals surface area contributed by atoms with E-state index in [1.165, 1.54) is 16.8 Å². The molecule has 1 N–H and O–H groups in total. The van der Waals surface area contributed by atoms with Crippen LogP contribution in [-0.4, -0.2) is 35.0 Å². The van der Waals surface area contributed by atoms with Crippen molar-refractivity contribution in [2.24, 2.45) is 0 Å². The molecule has 2 rings (SSSR count). The summed E-state index contributed by atoms with van der Waals surface area (Å²) in [5.41, 5.74) is 3.75. The molecule has 1 aromatic heterocycles. The van der Waals surface area contributed by atoms with Gasteiger partial charge in [0.05, 0.1) is 13.1 Å². The van der Waals surface area contributed by atoms with Gasteiger partial charge in [-0.2, -0.15) is 0 Å². The lowest BCUT2D eigenvalue weighted by Crippen LogP contribution is -2.39. The van der Waals surface area contributed by atoms with Gasteiger partial charge in [-0.25, -0.2) is 0 Å². The summed E-state index contributed by atoms with van der Waals surface area (Å²) in [4.78, 5) is 14.6. The van der Waals surface area contributed by atoms with E-state index in [1.54, 1.807) is 0 Å². The Morgan fingerprint density at radius 3 is 2.73 bits per heavy atom. The molecule has 4 nitrogen and oxygen atoms in total. The second-order valence-electron chi connectivity index (χ2n) is 6.96. The summed E-state index contributed by atoms with van der Waals surface area (Å²) in [5, 5.41) is 3.23. The third-order valence-corrected chi connectivity index (χ3v) is 4.55. The SMILES string of the molecule is CCCCN(Cc1cccn1Cc1cccc(C)c1)C(=O)CNCCC. The van der Waals surface area contributed by atoms with Crippen molar-refractivity contribution in [2.75, 3.05) is 19.6 Å². The molecule has 142 valence electrons. The standard InChI is InChI=1S/C22H33N3O/c1-4-6-13-25(22(26)16-23-12-5-2)18-21-11-8-14-24(21)17-20-10-7-9-19(3)15-20/h7-11,14-15,23H,4-6,12-13,16-18H2,1-3H3. The zero-order valence-electron chi connectivity index (χ0n) is 16.5. The molecular formula is C22H33N3O. The van der Waals surface area contributed by atoms with Gasteiger partial charge in [0, 0.05) is 25.0 Å². The van der Waals surface area contributed by atoms with E-state index in [1.807, 2.05) is 4.90 Å². The Bertz CT molecular complexity index is 678. The molecule has 1 amide bonds. The number of aromatic nitrogens is 1. The van der Waals surface area contributed by atoms with Crippen molar-refractivity contribution in [3.05, 3.63) is 59.4 Å². The summed E-state index contributed by atoms with van der Waals surface area (Å²) in [6.45, 7) is 10.0. The summed E-state index contributed by atoms with van der Waals surface area (Å²) in [5.74, 6) is 0.190. The largest absolute Gasteiger partial charge is 0.345 e. The number of unbranched alkanes of at least 4 members (excludes halogenated alkanes) is 1. The van der Waals surface area contributed by atoms with Crippen molar-refractivity contribution in [2.45, 2.75) is 53.1 Å². The van der Waals surface area contributed by atoms with Crippen molar-refractivity contribution in [3.8, 4) is 0 Å². The molecule has 0 spiro atoms. The number of hydrogen-bond donors (Lipinski definition) is 1. The number of amides is 1. The molecule has 2 aromatic rings. The number of nitrogens with one attached hydrogen (secondary N) is 1. The van der Waals surface area contributed by atoms with Crippen LogP contribution in [0.3, 0.4) is 0 Å². The average Bonchev–Trinajstić information content (AvgIpc) is 3.05. The maximum absolute atomic E-state index is 12.6. The van der Waals surface area contributed by atoms with Crippen LogP contribution in [0.5, 0.6) is 0 Å². The summed E-state index contributed by atoms with van der Waals surface area (Å²) in [7, 11) is 0. The monoisotopic (exact) mass is 355 g/mol. The van der Waals surface area contributed by atoms with Gasteiger partial charge in [0.25, 0.3) is 0 Å². The van der Waals surface area contributed by atoms with Gasteiger partial charge in [0.15, 0.2) is 0 Å². The molecule has 0 fully saturated rings. The molecule has 0 aliphatic heterocycles. The Labute approximate surface area is 158 Å². The minimum Gasteiger partial charge on any atom is -0.345 e. The summed E-state index contributed by atoms with van der Waals surface area (Å²) >= 11 is 0. The van der Waals surface area contributed by atoms with E-state index >= 15 is 0 Å². The molecule has 1 heterocycles. The number of hydrogen-bond acceptors (Lipinski definition) is 2. The van der Waals surface area contributed by atoms with Crippen molar-refractivity contribution >= 4 is 5.91 Å². The smallest absolute Gasteiger partial charge is 0.236 e. The minimum absolute atomic E-state index is 0.190. The second kappa shape index (κ2) is 10.8. The van der Waals surface area contributed by atoms with Gasteiger partial charge in [-0.15, -0.1) is 0 Å². The molecule has 0 bridgehead atoms. The highest BCUT2D eigenvalue weighted by molar-refractivity contribution is 5.78. The van der Waals surface area contributed by atoms with E-state index in [0.29, 0.717) is 13.1 Å². The molecule has 4 heteroatoms. The van der Waals surface area contributed by atoms with Crippen LogP contribution < -0.4 is 5.32 Å². The predicted octanol–water partition coefficient (Wildman–Crippen LogP) is 3.97. The van der Waals surface area contributed by atoms with Crippen molar-refractivity contribution < 1.29 is 4.79 Å². The third kappa shape index (κ3) is 6.34. The molecule has 26 heavy (non-hydrogen) atoms. The number of carbonyl (C=O) groups excluding carboxylic acids is 1. The maximum atomic E-state index is 12.6. The molecule has 0 atom stereocenters. The van der Waals surface area contributed by atoms with Crippen LogP contribution in [-0.2, 0) is 17.9 Å². The summed E-state index contributed by atoms with van der Waals surface area (Å²) in [6.07, 6.45) is 5.28. The lowest BCUT2D eigenvalue weighted by atomic mass is 10.1. The highest BCUT2D eigenvalue weighted by atomic mass is 16.2. The molecule has 0 radical (unpaired) electrons. The predicted molar refractivity (Wildman–Crippen MR) is 108 cm³/mol. The zero-order chi connectivity index (χ0) is 18.8. The fourth-order valence-electron chi connectivity index (χ4n) is 3.07. The highest BCUT2D eigenvalue weighted by Crippen LogP contribution is 2.12. The molecule has 0 unspecified atom stereocenters. The first-order valence-corrected chi connectivity index (χ1v) is 9.82. The van der Waals surface area contributed by atoms with Gasteiger partial charge in [-0.1, -0.05) is 50.1 Å². The maximum Gasteiger partial charge on any atom is 0.236 e. The van der Waals surface area contributed by atoms with Crippen LogP contribution in [0.25, 0.3) is 0 Å². The number of carbonyl (C=O) groups is 1. The van der Waals surface area contributed by atoms with Gasteiger partial charge in [0.1, 0.15) is 0 Å². The van der Waals surface area contributed by atoms with E-state index in [-0.39, 0.29) is 5.91 Å². The van der Waals surface area contributed by atoms with E-state index < -0.39 is 0 Å². The Kier molecular flexibility index (Phi) is 8.42. The topological polar surface area (TPSA) is 37.3 Å². The summed E-state index contributed by atoms with van der Waals surface area (Å²) in [6, 6.07) is 12.8. The first kappa shape index (κ1) is 20.2. The number of aryl methyl sites for hydroxylation is 1. The fourth-order valence-corrected chi connectivity index (χ4v) is 3.07. The van der Waals surface area contributed by atoms with Crippen molar-refractivity contribution in [1.82, 2.24) is 14.8 Å². The van der Waals surface area contributed by atoms with Gasteiger partial charge in [-0.05, 0) is 44.0 Å². The van der Waals surface area contributed by atoms with Crippen LogP contribution in [0.1, 0.15) is 49.9 Å². The molecular weight excluding hydrogens is 322 g/mol. The number of rotatable bonds is 11. The first-order valence-electron chi connectivity index (χ1n) is 9.82. The highest BCUT2D eigenvalue weighted by Gasteiger charge is 2.15. The fraction of sp³-hybridized carbons (Fsp3) is 0.500. The van der Waals surface area contributed by atoms with Gasteiger partial charge in [-0.3, -0.25) is 4.79 Å². The molecule has 0 aliphatic rings. The third-order valence-electron chi connectivity index (χ3n) is 4.55. The quantitative estimate of drug-likeness (QED) is 0.619.